The average molecular weight is 434 g/mol. The zero-order valence-electron chi connectivity index (χ0n) is 13.8. The molecule has 0 aliphatic carbocycles. The Balaban J connectivity index is 0.000000143. The lowest BCUT2D eigenvalue weighted by atomic mass is 10.2. The molecule has 4 nitrogen and oxygen atoms in total. The van der Waals surface area contributed by atoms with Crippen LogP contribution in [0.15, 0.2) is 54.9 Å². The smallest absolute Gasteiger partial charge is 0.119 e. The molecule has 0 bridgehead atoms. The van der Waals surface area contributed by atoms with Gasteiger partial charge in [-0.25, -0.2) is 0 Å². The molecule has 0 saturated heterocycles. The first-order chi connectivity index (χ1) is 11.6. The number of hydrogen-bond acceptors (Lipinski definition) is 2. The summed E-state index contributed by atoms with van der Waals surface area (Å²) in [6.07, 6.45) is 4.04. The van der Waals surface area contributed by atoms with Crippen LogP contribution in [0.5, 0.6) is 11.5 Å². The van der Waals surface area contributed by atoms with Crippen LogP contribution >= 0.6 is 22.6 Å². The molecule has 0 atom stereocenters. The number of nitrogens with one attached hydrogen (secondary N) is 1. The van der Waals surface area contributed by atoms with Crippen molar-refractivity contribution in [3.63, 3.8) is 0 Å². The number of fused-ring (bicyclic) bond motifs is 2. The van der Waals surface area contributed by atoms with E-state index in [1.165, 1.54) is 19.9 Å². The van der Waals surface area contributed by atoms with Gasteiger partial charge in [-0.2, -0.15) is 0 Å². The fourth-order valence-corrected chi connectivity index (χ4v) is 3.46. The number of aromatic nitrogens is 2. The number of halogens is 1. The van der Waals surface area contributed by atoms with Gasteiger partial charge in [0.25, 0.3) is 0 Å². The Hall–Kier alpha value is -2.15. The van der Waals surface area contributed by atoms with E-state index in [4.69, 9.17) is 9.47 Å². The minimum Gasteiger partial charge on any atom is -0.497 e. The maximum atomic E-state index is 5.17. The van der Waals surface area contributed by atoms with Gasteiger partial charge in [-0.1, -0.05) is 0 Å². The summed E-state index contributed by atoms with van der Waals surface area (Å²) in [7, 11) is 5.42. The van der Waals surface area contributed by atoms with Gasteiger partial charge in [0.1, 0.15) is 11.5 Å². The number of rotatable bonds is 2. The molecule has 0 spiro atoms. The van der Waals surface area contributed by atoms with E-state index >= 15 is 0 Å². The Bertz CT molecular complexity index is 972. The highest BCUT2D eigenvalue weighted by atomic mass is 127. The number of benzene rings is 2. The van der Waals surface area contributed by atoms with E-state index in [0.717, 1.165) is 17.0 Å². The van der Waals surface area contributed by atoms with E-state index in [-0.39, 0.29) is 0 Å². The van der Waals surface area contributed by atoms with E-state index in [1.54, 1.807) is 14.2 Å². The van der Waals surface area contributed by atoms with Gasteiger partial charge in [0.15, 0.2) is 0 Å². The number of methoxy groups -OCH3 is 2. The molecule has 0 unspecified atom stereocenters. The normalized spacial score (nSPS) is 10.5. The minimum atomic E-state index is 0.900. The van der Waals surface area contributed by atoms with Crippen LogP contribution in [-0.2, 0) is 7.05 Å². The summed E-state index contributed by atoms with van der Waals surface area (Å²) in [6.45, 7) is 0. The largest absolute Gasteiger partial charge is 0.497 e. The summed E-state index contributed by atoms with van der Waals surface area (Å²) < 4.78 is 13.6. The lowest BCUT2D eigenvalue weighted by Crippen LogP contribution is -1.84. The van der Waals surface area contributed by atoms with E-state index < -0.39 is 0 Å². The van der Waals surface area contributed by atoms with Crippen molar-refractivity contribution < 1.29 is 9.47 Å². The second kappa shape index (κ2) is 7.17. The summed E-state index contributed by atoms with van der Waals surface area (Å²) in [5, 5.41) is 2.44. The zero-order chi connectivity index (χ0) is 17.1. The highest BCUT2D eigenvalue weighted by Gasteiger charge is 2.04. The molecular formula is C19H19IN2O2. The Morgan fingerprint density at radius 2 is 1.67 bits per heavy atom. The first-order valence-corrected chi connectivity index (χ1v) is 8.60. The van der Waals surface area contributed by atoms with E-state index in [0.29, 0.717) is 0 Å². The summed E-state index contributed by atoms with van der Waals surface area (Å²) >= 11 is 2.34. The molecule has 1 N–H and O–H groups in total. The van der Waals surface area contributed by atoms with Crippen LogP contribution in [0.4, 0.5) is 0 Å². The minimum absolute atomic E-state index is 0.900. The van der Waals surface area contributed by atoms with Gasteiger partial charge in [0.05, 0.1) is 14.2 Å². The molecule has 0 amide bonds. The molecule has 2 heterocycles. The van der Waals surface area contributed by atoms with Crippen LogP contribution in [0.2, 0.25) is 0 Å². The van der Waals surface area contributed by atoms with Gasteiger partial charge in [0, 0.05) is 44.8 Å². The van der Waals surface area contributed by atoms with Crippen molar-refractivity contribution in [1.82, 2.24) is 9.55 Å². The van der Waals surface area contributed by atoms with Gasteiger partial charge in [0.2, 0.25) is 0 Å². The molecule has 2 aromatic carbocycles. The van der Waals surface area contributed by atoms with Gasteiger partial charge in [-0.15, -0.1) is 0 Å². The fourth-order valence-electron chi connectivity index (χ4n) is 2.61. The third-order valence-electron chi connectivity index (χ3n) is 3.91. The highest BCUT2D eigenvalue weighted by molar-refractivity contribution is 14.1. The van der Waals surface area contributed by atoms with Crippen molar-refractivity contribution in [1.29, 1.82) is 0 Å². The van der Waals surface area contributed by atoms with Gasteiger partial charge < -0.3 is 19.0 Å². The van der Waals surface area contributed by atoms with Crippen LogP contribution in [0.25, 0.3) is 21.8 Å². The molecule has 4 rings (SSSR count). The summed E-state index contributed by atoms with van der Waals surface area (Å²) in [6, 6.07) is 14.1. The van der Waals surface area contributed by atoms with Gasteiger partial charge in [-0.3, -0.25) is 0 Å². The molecule has 0 saturated carbocycles. The van der Waals surface area contributed by atoms with Crippen molar-refractivity contribution in [3.8, 4) is 11.5 Å². The van der Waals surface area contributed by atoms with Crippen molar-refractivity contribution >= 4 is 44.4 Å². The predicted octanol–water partition coefficient (Wildman–Crippen LogP) is 4.97. The predicted molar refractivity (Wildman–Crippen MR) is 107 cm³/mol. The van der Waals surface area contributed by atoms with Crippen molar-refractivity contribution in [3.05, 3.63) is 58.4 Å². The van der Waals surface area contributed by atoms with E-state index in [9.17, 15) is 0 Å². The SMILES string of the molecule is COc1ccc2[nH]ccc2c1.COc1ccc2c(c1)c(I)cn2C. The van der Waals surface area contributed by atoms with Crippen molar-refractivity contribution in [2.75, 3.05) is 14.2 Å². The zero-order valence-corrected chi connectivity index (χ0v) is 16.0. The maximum Gasteiger partial charge on any atom is 0.119 e. The number of aryl methyl sites for hydroxylation is 1. The molecule has 2 aromatic heterocycles. The summed E-state index contributed by atoms with van der Waals surface area (Å²) in [5.74, 6) is 1.81. The second-order valence-corrected chi connectivity index (χ2v) is 6.56. The monoisotopic (exact) mass is 434 g/mol. The Morgan fingerprint density at radius 1 is 0.958 bits per heavy atom. The number of ether oxygens (including phenoxy) is 2. The van der Waals surface area contributed by atoms with Gasteiger partial charge in [-0.05, 0) is 65.1 Å². The van der Waals surface area contributed by atoms with Crippen LogP contribution in [0, 0.1) is 3.57 Å². The molecular weight excluding hydrogens is 415 g/mol. The standard InChI is InChI=1S/C10H10INO.C9H9NO/c1-12-6-9(11)8-5-7(13-2)3-4-10(8)12;1-11-8-2-3-9-7(6-8)4-5-10-9/h3-6H,1-2H3;2-6,10H,1H3. The quantitative estimate of drug-likeness (QED) is 0.453. The molecule has 0 fully saturated rings. The molecule has 0 radical (unpaired) electrons. The van der Waals surface area contributed by atoms with Gasteiger partial charge >= 0.3 is 0 Å². The summed E-state index contributed by atoms with van der Waals surface area (Å²) in [5.41, 5.74) is 2.39. The third-order valence-corrected chi connectivity index (χ3v) is 4.77. The highest BCUT2D eigenvalue weighted by Crippen LogP contribution is 2.26. The Morgan fingerprint density at radius 3 is 2.42 bits per heavy atom. The van der Waals surface area contributed by atoms with Crippen LogP contribution < -0.4 is 9.47 Å². The average Bonchev–Trinajstić information content (AvgIpc) is 3.19. The number of H-pyrrole nitrogens is 1. The first-order valence-electron chi connectivity index (χ1n) is 7.52. The fraction of sp³-hybridized carbons (Fsp3) is 0.158. The second-order valence-electron chi connectivity index (χ2n) is 5.40. The molecule has 4 aromatic rings. The number of aromatic amines is 1. The van der Waals surface area contributed by atoms with Crippen LogP contribution in [0.3, 0.4) is 0 Å². The third kappa shape index (κ3) is 3.36. The number of nitrogens with zero attached hydrogens (tertiary/aromatic N) is 1. The molecule has 124 valence electrons. The lowest BCUT2D eigenvalue weighted by molar-refractivity contribution is 0.415. The number of hydrogen-bond donors (Lipinski definition) is 1. The first kappa shape index (κ1) is 16.7. The van der Waals surface area contributed by atoms with Crippen LogP contribution in [-0.4, -0.2) is 23.8 Å². The van der Waals surface area contributed by atoms with Crippen molar-refractivity contribution in [2.45, 2.75) is 0 Å². The maximum absolute atomic E-state index is 5.17. The van der Waals surface area contributed by atoms with Crippen molar-refractivity contribution in [2.24, 2.45) is 7.05 Å². The Kier molecular flexibility index (Phi) is 4.99. The molecule has 0 aliphatic heterocycles. The molecule has 0 aliphatic rings. The Labute approximate surface area is 154 Å². The molecule has 24 heavy (non-hydrogen) atoms. The summed E-state index contributed by atoms with van der Waals surface area (Å²) in [4.78, 5) is 3.12. The topological polar surface area (TPSA) is 39.2 Å². The molecule has 5 heteroatoms. The van der Waals surface area contributed by atoms with Crippen LogP contribution in [0.1, 0.15) is 0 Å². The lowest BCUT2D eigenvalue weighted by Gasteiger charge is -2.00. The van der Waals surface area contributed by atoms with E-state index in [2.05, 4.69) is 57.5 Å². The van der Waals surface area contributed by atoms with E-state index in [1.807, 2.05) is 36.5 Å².